The number of hydrogen-bond acceptors (Lipinski definition) is 13. The van der Waals surface area contributed by atoms with Gasteiger partial charge in [0.25, 0.3) is 0 Å². The van der Waals surface area contributed by atoms with Crippen LogP contribution in [0.25, 0.3) is 0 Å². The minimum Gasteiger partial charge on any atom is -0.379 e. The molecular weight excluding hydrogens is 804 g/mol. The van der Waals surface area contributed by atoms with E-state index in [1.165, 1.54) is 25.6 Å². The first-order chi connectivity index (χ1) is 27.5. The predicted molar refractivity (Wildman–Crippen MR) is 227 cm³/mol. The first-order valence-corrected chi connectivity index (χ1v) is 22.7. The second-order valence-electron chi connectivity index (χ2n) is 17.3. The molecule has 1 aromatic heterocycles. The highest BCUT2D eigenvalue weighted by molar-refractivity contribution is 7.47. The molecule has 2 heterocycles. The number of hydrogen-bond donors (Lipinski definition) is 4. The van der Waals surface area contributed by atoms with Crippen LogP contribution in [-0.2, 0) is 53.5 Å². The van der Waals surface area contributed by atoms with Crippen molar-refractivity contribution in [3.05, 3.63) is 22.4 Å². The largest absolute Gasteiger partial charge is 0.472 e. The van der Waals surface area contributed by atoms with Crippen LogP contribution in [0.15, 0.2) is 17.5 Å². The van der Waals surface area contributed by atoms with Crippen molar-refractivity contribution in [1.82, 2.24) is 25.3 Å². The number of rotatable bonds is 25. The number of carbonyl (C=O) groups is 4. The summed E-state index contributed by atoms with van der Waals surface area (Å²) in [5, 5.41) is 7.88. The fraction of sp³-hybridized carbons (Fsp3) is 0.800. The number of amides is 4. The molecule has 0 saturated carbocycles. The number of ether oxygens (including phenoxy) is 2. The molecule has 0 radical (unpaired) electrons. The van der Waals surface area contributed by atoms with E-state index in [2.05, 4.69) is 15.5 Å². The summed E-state index contributed by atoms with van der Waals surface area (Å²) >= 11 is 1.47. The van der Waals surface area contributed by atoms with E-state index in [0.717, 1.165) is 4.88 Å². The van der Waals surface area contributed by atoms with Gasteiger partial charge in [-0.25, -0.2) is 10.5 Å². The normalized spacial score (nSPS) is 19.6. The Bertz CT molecular complexity index is 1530. The van der Waals surface area contributed by atoms with Crippen molar-refractivity contribution >= 4 is 42.8 Å². The Kier molecular flexibility index (Phi) is 21.1. The number of nitrogens with one attached hydrogen (secondary N) is 2. The molecule has 5 N–H and O–H groups in total. The van der Waals surface area contributed by atoms with Crippen LogP contribution in [0.3, 0.4) is 0 Å². The number of carbonyl (C=O) groups excluding carboxylic acids is 4. The minimum atomic E-state index is -4.47. The van der Waals surface area contributed by atoms with Crippen molar-refractivity contribution in [3.8, 4) is 0 Å². The summed E-state index contributed by atoms with van der Waals surface area (Å²) < 4.78 is 34.6. The van der Waals surface area contributed by atoms with Crippen molar-refractivity contribution in [2.24, 2.45) is 23.1 Å². The molecule has 9 atom stereocenters. The third-order valence-electron chi connectivity index (χ3n) is 11.6. The number of phosphoric acid groups is 1. The van der Waals surface area contributed by atoms with E-state index in [9.17, 15) is 28.6 Å². The van der Waals surface area contributed by atoms with Gasteiger partial charge < -0.3 is 39.6 Å². The van der Waals surface area contributed by atoms with Gasteiger partial charge in [-0.05, 0) is 63.6 Å². The first kappa shape index (κ1) is 52.6. The summed E-state index contributed by atoms with van der Waals surface area (Å²) in [6, 6.07) is 1.27. The van der Waals surface area contributed by atoms with Gasteiger partial charge in [0.15, 0.2) is 0 Å². The molecule has 17 nitrogen and oxygen atoms in total. The van der Waals surface area contributed by atoms with Gasteiger partial charge >= 0.3 is 7.82 Å². The first-order valence-electron chi connectivity index (χ1n) is 20.3. The second kappa shape index (κ2) is 23.6. The summed E-state index contributed by atoms with van der Waals surface area (Å²) in [6.07, 6.45) is 0.924. The van der Waals surface area contributed by atoms with Gasteiger partial charge in [0.05, 0.1) is 68.0 Å². The molecule has 19 heteroatoms. The van der Waals surface area contributed by atoms with Crippen LogP contribution in [0.1, 0.15) is 86.0 Å². The lowest BCUT2D eigenvalue weighted by Crippen LogP contribution is -2.63. The molecule has 0 aromatic carbocycles. The zero-order chi connectivity index (χ0) is 44.9. The molecular formula is C40H73N6O11PS. The fourth-order valence-electron chi connectivity index (χ4n) is 7.25. The number of nitrogens with zero attached hydrogens (tertiary/aromatic N) is 3. The smallest absolute Gasteiger partial charge is 0.379 e. The van der Waals surface area contributed by atoms with Gasteiger partial charge in [-0.3, -0.25) is 33.1 Å². The van der Waals surface area contributed by atoms with Crippen LogP contribution < -0.4 is 16.5 Å². The maximum Gasteiger partial charge on any atom is 0.472 e. The molecule has 1 fully saturated rings. The number of nitrogens with two attached hydrogens (primary N) is 1. The number of phosphoric ester groups is 1. The molecule has 59 heavy (non-hydrogen) atoms. The Morgan fingerprint density at radius 1 is 1.05 bits per heavy atom. The number of likely N-dealkylation sites (tertiary alicyclic amines) is 1. The Morgan fingerprint density at radius 2 is 1.71 bits per heavy atom. The standard InChI is InChI=1S/C40H73N6O11PS/c1-14-26(2)33(45(11)37(49)35(39(4,5)6)43-38(50)40(7,8)44(9)10)31(53-12)24-32(47)46-19-15-18-30(46)34(54-13)27(3)36(48)42-28(23-29-17-16-22-59-29)25-57-58(51,52)56-21-20-55-41/h16-17,22,26-28,30-31,33-35H,14-15,18-21,23-25,41H2,1-13H3,(H,42,48)(H,43,50)(H,51,52)/t26-,27+,28-,30-,31+,33-,34+,35+/m0/s1. The summed E-state index contributed by atoms with van der Waals surface area (Å²) in [6.45, 7) is 14.8. The molecule has 1 saturated heterocycles. The number of methoxy groups -OCH3 is 2. The Morgan fingerprint density at radius 3 is 2.24 bits per heavy atom. The number of thiophene rings is 1. The average Bonchev–Trinajstić information content (AvgIpc) is 3.88. The lowest BCUT2D eigenvalue weighted by molar-refractivity contribution is -0.149. The minimum absolute atomic E-state index is 0.0300. The van der Waals surface area contributed by atoms with Crippen LogP contribution in [0.2, 0.25) is 0 Å². The van der Waals surface area contributed by atoms with E-state index >= 15 is 0 Å². The quantitative estimate of drug-likeness (QED) is 0.0630. The van der Waals surface area contributed by atoms with Gasteiger partial charge in [-0.2, -0.15) is 0 Å². The van der Waals surface area contributed by atoms with Crippen LogP contribution in [0.4, 0.5) is 0 Å². The zero-order valence-electron chi connectivity index (χ0n) is 37.5. The zero-order valence-corrected chi connectivity index (χ0v) is 39.2. The third-order valence-corrected chi connectivity index (χ3v) is 13.5. The molecule has 1 aromatic rings. The topological polar surface area (TPSA) is 212 Å². The summed E-state index contributed by atoms with van der Waals surface area (Å²) in [5.41, 5.74) is -1.50. The Balaban J connectivity index is 2.30. The molecule has 2 rings (SSSR count). The van der Waals surface area contributed by atoms with E-state index in [-0.39, 0.29) is 55.8 Å². The lowest BCUT2D eigenvalue weighted by Gasteiger charge is -2.43. The predicted octanol–water partition coefficient (Wildman–Crippen LogP) is 3.59. The highest BCUT2D eigenvalue weighted by Crippen LogP contribution is 2.43. The van der Waals surface area contributed by atoms with E-state index in [0.29, 0.717) is 32.2 Å². The Labute approximate surface area is 355 Å². The van der Waals surface area contributed by atoms with Crippen LogP contribution in [0, 0.1) is 17.3 Å². The second-order valence-corrected chi connectivity index (χ2v) is 19.8. The van der Waals surface area contributed by atoms with Crippen molar-refractivity contribution in [1.29, 1.82) is 0 Å². The highest BCUT2D eigenvalue weighted by atomic mass is 32.1. The fourth-order valence-corrected chi connectivity index (χ4v) is 8.78. The van der Waals surface area contributed by atoms with E-state index in [1.54, 1.807) is 42.5 Å². The maximum atomic E-state index is 14.4. The monoisotopic (exact) mass is 876 g/mol. The third kappa shape index (κ3) is 15.1. The molecule has 0 aliphatic carbocycles. The van der Waals surface area contributed by atoms with E-state index in [4.69, 9.17) is 24.4 Å². The van der Waals surface area contributed by atoms with Gasteiger partial charge in [-0.1, -0.05) is 54.0 Å². The summed E-state index contributed by atoms with van der Waals surface area (Å²) in [4.78, 5) is 76.7. The van der Waals surface area contributed by atoms with Crippen LogP contribution in [-0.4, -0.2) is 147 Å². The maximum absolute atomic E-state index is 14.4. The summed E-state index contributed by atoms with van der Waals surface area (Å²) in [7, 11) is 3.91. The van der Waals surface area contributed by atoms with Crippen LogP contribution in [0.5, 0.6) is 0 Å². The highest BCUT2D eigenvalue weighted by Gasteiger charge is 2.45. The molecule has 4 amide bonds. The van der Waals surface area contributed by atoms with Gasteiger partial charge in [0, 0.05) is 39.1 Å². The molecule has 340 valence electrons. The van der Waals surface area contributed by atoms with Crippen molar-refractivity contribution < 1.29 is 52.0 Å². The van der Waals surface area contributed by atoms with E-state index < -0.39 is 61.1 Å². The van der Waals surface area contributed by atoms with Gasteiger partial charge in [0.1, 0.15) is 6.04 Å². The van der Waals surface area contributed by atoms with Gasteiger partial charge in [-0.15, -0.1) is 11.3 Å². The van der Waals surface area contributed by atoms with Gasteiger partial charge in [0.2, 0.25) is 23.6 Å². The lowest BCUT2D eigenvalue weighted by atomic mass is 9.83. The molecule has 1 unspecified atom stereocenters. The summed E-state index contributed by atoms with van der Waals surface area (Å²) in [5.74, 6) is 3.03. The molecule has 0 spiro atoms. The van der Waals surface area contributed by atoms with Crippen LogP contribution >= 0.6 is 19.2 Å². The number of likely N-dealkylation sites (N-methyl/N-ethyl adjacent to an activating group) is 2. The SMILES string of the molecule is CC[C@H](C)[C@@H]([C@@H](CC(=O)N1CCC[C@H]1[C@H](OC)[C@@H](C)C(=O)N[C@H](COP(=O)(O)OCCON)Cc1cccs1)OC)N(C)C(=O)[C@@H](NC(=O)C(C)(C)N(C)C)C(C)(C)C. The molecule has 0 bridgehead atoms. The molecule has 1 aliphatic heterocycles. The Hall–Kier alpha value is -2.51. The van der Waals surface area contributed by atoms with Crippen molar-refractivity contribution in [3.63, 3.8) is 0 Å². The van der Waals surface area contributed by atoms with Crippen molar-refractivity contribution in [2.75, 3.05) is 61.7 Å². The molecule has 1 aliphatic rings. The average molecular weight is 877 g/mol. The van der Waals surface area contributed by atoms with Crippen molar-refractivity contribution in [2.45, 2.75) is 129 Å². The van der Waals surface area contributed by atoms with E-state index in [1.807, 2.05) is 66.2 Å².